The molecule has 0 N–H and O–H groups in total. The van der Waals surface area contributed by atoms with Crippen molar-refractivity contribution in [2.45, 2.75) is 45.7 Å². The van der Waals surface area contributed by atoms with Gasteiger partial charge in [-0.25, -0.2) is 22.0 Å². The Morgan fingerprint density at radius 1 is 0.926 bits per heavy atom. The van der Waals surface area contributed by atoms with Crippen molar-refractivity contribution in [1.82, 2.24) is 0 Å². The van der Waals surface area contributed by atoms with Crippen molar-refractivity contribution in [1.29, 1.82) is 0 Å². The van der Waals surface area contributed by atoms with E-state index in [4.69, 9.17) is 4.74 Å². The first-order valence-electron chi connectivity index (χ1n) is 8.52. The Bertz CT molecular complexity index is 839. The lowest BCUT2D eigenvalue weighted by Crippen LogP contribution is -2.25. The number of rotatable bonds is 6. The van der Waals surface area contributed by atoms with Crippen LogP contribution in [0.3, 0.4) is 0 Å². The summed E-state index contributed by atoms with van der Waals surface area (Å²) in [5, 5.41) is -1.63. The first kappa shape index (κ1) is 21.6. The summed E-state index contributed by atoms with van der Waals surface area (Å²) in [6, 6.07) is 3.76. The molecule has 2 aromatic carbocycles. The SMILES string of the molecule is CCCC(C)(Pc1c(F)c(F)c(F)c(F)c1F)c1cc(C)cc(C)c1OC. The molecule has 0 bridgehead atoms. The van der Waals surface area contributed by atoms with E-state index in [-0.39, 0.29) is 0 Å². The lowest BCUT2D eigenvalue weighted by molar-refractivity contribution is 0.384. The van der Waals surface area contributed by atoms with Gasteiger partial charge in [-0.05, 0) is 25.8 Å². The molecule has 0 heterocycles. The highest BCUT2D eigenvalue weighted by Gasteiger charge is 2.35. The van der Waals surface area contributed by atoms with Crippen molar-refractivity contribution in [2.24, 2.45) is 0 Å². The maximum atomic E-state index is 14.3. The van der Waals surface area contributed by atoms with Crippen LogP contribution in [0.5, 0.6) is 5.75 Å². The van der Waals surface area contributed by atoms with E-state index in [1.807, 2.05) is 32.9 Å². The average molecular weight is 404 g/mol. The van der Waals surface area contributed by atoms with E-state index in [9.17, 15) is 22.0 Å². The van der Waals surface area contributed by atoms with Gasteiger partial charge in [0.25, 0.3) is 0 Å². The van der Waals surface area contributed by atoms with Crippen molar-refractivity contribution in [2.75, 3.05) is 7.11 Å². The zero-order valence-electron chi connectivity index (χ0n) is 15.9. The summed E-state index contributed by atoms with van der Waals surface area (Å²) in [4.78, 5) is 0. The van der Waals surface area contributed by atoms with Crippen LogP contribution < -0.4 is 10.0 Å². The lowest BCUT2D eigenvalue weighted by Gasteiger charge is -2.33. The molecule has 2 atom stereocenters. The molecule has 0 amide bonds. The van der Waals surface area contributed by atoms with Crippen molar-refractivity contribution in [3.63, 3.8) is 0 Å². The summed E-state index contributed by atoms with van der Waals surface area (Å²) >= 11 is 0. The second kappa shape index (κ2) is 8.14. The summed E-state index contributed by atoms with van der Waals surface area (Å²) < 4.78 is 74.8. The molecule has 2 unspecified atom stereocenters. The van der Waals surface area contributed by atoms with E-state index in [0.717, 1.165) is 11.1 Å². The molecular formula is C20H22F5OP. The van der Waals surface area contributed by atoms with Crippen LogP contribution in [0.15, 0.2) is 12.1 Å². The Morgan fingerprint density at radius 2 is 1.44 bits per heavy atom. The molecule has 0 aliphatic carbocycles. The van der Waals surface area contributed by atoms with Gasteiger partial charge in [0.2, 0.25) is 5.82 Å². The molecule has 0 aliphatic rings. The van der Waals surface area contributed by atoms with Crippen LogP contribution in [0.2, 0.25) is 0 Å². The molecule has 0 aliphatic heterocycles. The standard InChI is InChI=1S/C20H22F5OP/c1-6-7-20(4,12-9-10(2)8-11(3)18(12)26-5)27-19-16(24)14(22)13(21)15(23)17(19)25/h8-9,27H,6-7H2,1-5H3. The summed E-state index contributed by atoms with van der Waals surface area (Å²) in [5.41, 5.74) is 2.47. The fourth-order valence-corrected chi connectivity index (χ4v) is 5.08. The fourth-order valence-electron chi connectivity index (χ4n) is 3.39. The maximum absolute atomic E-state index is 14.3. The summed E-state index contributed by atoms with van der Waals surface area (Å²) in [7, 11) is 0.830. The number of benzene rings is 2. The van der Waals surface area contributed by atoms with E-state index in [1.54, 1.807) is 6.92 Å². The summed E-state index contributed by atoms with van der Waals surface area (Å²) in [6.07, 6.45) is 1.15. The number of ether oxygens (including phenoxy) is 1. The number of methoxy groups -OCH3 is 1. The number of aryl methyl sites for hydroxylation is 2. The van der Waals surface area contributed by atoms with Gasteiger partial charge in [0.15, 0.2) is 23.3 Å². The van der Waals surface area contributed by atoms with Crippen molar-refractivity contribution < 1.29 is 26.7 Å². The minimum Gasteiger partial charge on any atom is -0.496 e. The highest BCUT2D eigenvalue weighted by atomic mass is 31.1. The van der Waals surface area contributed by atoms with Gasteiger partial charge < -0.3 is 4.74 Å². The van der Waals surface area contributed by atoms with Crippen molar-refractivity contribution >= 4 is 13.9 Å². The van der Waals surface area contributed by atoms with Crippen LogP contribution in [0.1, 0.15) is 43.4 Å². The molecule has 0 saturated carbocycles. The smallest absolute Gasteiger partial charge is 0.200 e. The Kier molecular flexibility index (Phi) is 6.51. The molecule has 0 spiro atoms. The zero-order chi connectivity index (χ0) is 20.5. The number of hydrogen-bond acceptors (Lipinski definition) is 1. The third-order valence-electron chi connectivity index (χ3n) is 4.58. The summed E-state index contributed by atoms with van der Waals surface area (Å²) in [5.74, 6) is -8.94. The van der Waals surface area contributed by atoms with Crippen LogP contribution >= 0.6 is 8.58 Å². The van der Waals surface area contributed by atoms with Gasteiger partial charge in [0, 0.05) is 10.7 Å². The molecule has 0 aromatic heterocycles. The van der Waals surface area contributed by atoms with Crippen LogP contribution in [-0.4, -0.2) is 7.11 Å². The zero-order valence-corrected chi connectivity index (χ0v) is 16.9. The average Bonchev–Trinajstić information content (AvgIpc) is 2.61. The third-order valence-corrected chi connectivity index (χ3v) is 6.34. The van der Waals surface area contributed by atoms with Gasteiger partial charge in [0.05, 0.1) is 12.4 Å². The van der Waals surface area contributed by atoms with Crippen LogP contribution in [0.25, 0.3) is 0 Å². The van der Waals surface area contributed by atoms with Gasteiger partial charge in [-0.2, -0.15) is 0 Å². The predicted octanol–water partition coefficient (Wildman–Crippen LogP) is 6.03. The van der Waals surface area contributed by atoms with Gasteiger partial charge in [-0.3, -0.25) is 0 Å². The van der Waals surface area contributed by atoms with Crippen molar-refractivity contribution in [3.05, 3.63) is 57.9 Å². The third kappa shape index (κ3) is 3.96. The van der Waals surface area contributed by atoms with Crippen molar-refractivity contribution in [3.8, 4) is 5.75 Å². The quantitative estimate of drug-likeness (QED) is 0.247. The van der Waals surface area contributed by atoms with E-state index < -0.39 is 48.1 Å². The second-order valence-corrected chi connectivity index (χ2v) is 8.67. The Morgan fingerprint density at radius 3 is 1.93 bits per heavy atom. The molecule has 7 heteroatoms. The van der Waals surface area contributed by atoms with Crippen LogP contribution in [0.4, 0.5) is 22.0 Å². The molecule has 1 nitrogen and oxygen atoms in total. The second-order valence-electron chi connectivity index (χ2n) is 6.81. The minimum absolute atomic E-state index is 0.490. The highest BCUT2D eigenvalue weighted by molar-refractivity contribution is 7.48. The van der Waals surface area contributed by atoms with E-state index in [2.05, 4.69) is 0 Å². The van der Waals surface area contributed by atoms with Gasteiger partial charge in [-0.1, -0.05) is 46.5 Å². The highest BCUT2D eigenvalue weighted by Crippen LogP contribution is 2.50. The Balaban J connectivity index is 2.70. The molecule has 2 aromatic rings. The first-order chi connectivity index (χ1) is 12.6. The topological polar surface area (TPSA) is 9.23 Å². The molecular weight excluding hydrogens is 382 g/mol. The molecule has 0 saturated heterocycles. The number of hydrogen-bond donors (Lipinski definition) is 0. The largest absolute Gasteiger partial charge is 0.496 e. The predicted molar refractivity (Wildman–Crippen MR) is 98.9 cm³/mol. The Labute approximate surface area is 157 Å². The molecule has 2 rings (SSSR count). The monoisotopic (exact) mass is 404 g/mol. The molecule has 27 heavy (non-hydrogen) atoms. The van der Waals surface area contributed by atoms with E-state index >= 15 is 0 Å². The Hall–Kier alpha value is -1.68. The maximum Gasteiger partial charge on any atom is 0.200 e. The fraction of sp³-hybridized carbons (Fsp3) is 0.400. The van der Waals surface area contributed by atoms with E-state index in [0.29, 0.717) is 24.2 Å². The van der Waals surface area contributed by atoms with Gasteiger partial charge in [0.1, 0.15) is 5.75 Å². The minimum atomic E-state index is -2.14. The van der Waals surface area contributed by atoms with Gasteiger partial charge in [-0.15, -0.1) is 0 Å². The first-order valence-corrected chi connectivity index (χ1v) is 9.52. The van der Waals surface area contributed by atoms with Crippen LogP contribution in [-0.2, 0) is 5.16 Å². The number of halogens is 5. The van der Waals surface area contributed by atoms with Gasteiger partial charge >= 0.3 is 0 Å². The summed E-state index contributed by atoms with van der Waals surface area (Å²) in [6.45, 7) is 7.40. The molecule has 148 valence electrons. The van der Waals surface area contributed by atoms with E-state index in [1.165, 1.54) is 7.11 Å². The molecule has 0 fully saturated rings. The molecule has 0 radical (unpaired) electrons. The lowest BCUT2D eigenvalue weighted by atomic mass is 9.91. The normalized spacial score (nSPS) is 14.0. The van der Waals surface area contributed by atoms with Crippen LogP contribution in [0, 0.1) is 42.9 Å².